The quantitative estimate of drug-likeness (QED) is 0.588. The number of halogens is 2. The molecule has 0 aliphatic heterocycles. The molecule has 0 atom stereocenters. The monoisotopic (exact) mass is 389 g/mol. The van der Waals surface area contributed by atoms with E-state index in [4.69, 9.17) is 23.2 Å². The number of hydrogen-bond donors (Lipinski definition) is 3. The summed E-state index contributed by atoms with van der Waals surface area (Å²) in [5.74, 6) is -2.12. The molecule has 0 aliphatic carbocycles. The molecule has 6 nitrogen and oxygen atoms in total. The van der Waals surface area contributed by atoms with E-state index < -0.39 is 11.9 Å². The van der Waals surface area contributed by atoms with Crippen LogP contribution in [0.3, 0.4) is 0 Å². The van der Waals surface area contributed by atoms with Gasteiger partial charge in [0.2, 0.25) is 5.91 Å². The van der Waals surface area contributed by atoms with Crippen LogP contribution in [-0.2, 0) is 4.79 Å². The minimum Gasteiger partial charge on any atom is -0.871 e. The van der Waals surface area contributed by atoms with Gasteiger partial charge in [0, 0.05) is 33.3 Å². The fraction of sp³-hybridized carbons (Fsp3) is 0. The number of amides is 1. The van der Waals surface area contributed by atoms with E-state index in [2.05, 4.69) is 10.3 Å². The number of carbonyl (C=O) groups excluding carboxylic acids is 1. The van der Waals surface area contributed by atoms with Crippen molar-refractivity contribution in [3.63, 3.8) is 0 Å². The highest BCUT2D eigenvalue weighted by Gasteiger charge is 2.18. The van der Waals surface area contributed by atoms with Gasteiger partial charge in [-0.2, -0.15) is 0 Å². The van der Waals surface area contributed by atoms with E-state index in [0.717, 1.165) is 6.08 Å². The van der Waals surface area contributed by atoms with Gasteiger partial charge in [-0.15, -0.1) is 0 Å². The minimum atomic E-state index is -1.21. The smallest absolute Gasteiger partial charge is 0.352 e. The van der Waals surface area contributed by atoms with E-state index in [1.807, 2.05) is 0 Å². The van der Waals surface area contributed by atoms with Gasteiger partial charge in [0.15, 0.2) is 0 Å². The van der Waals surface area contributed by atoms with Crippen molar-refractivity contribution in [3.8, 4) is 5.75 Å². The molecule has 8 heteroatoms. The summed E-state index contributed by atoms with van der Waals surface area (Å²) in [5.41, 5.74) is 0.673. The number of benzene rings is 2. The van der Waals surface area contributed by atoms with E-state index in [9.17, 15) is 19.8 Å². The molecule has 1 aromatic heterocycles. The largest absolute Gasteiger partial charge is 0.871 e. The number of aromatic nitrogens is 1. The van der Waals surface area contributed by atoms with Crippen LogP contribution in [0.2, 0.25) is 10.0 Å². The second kappa shape index (κ2) is 7.11. The summed E-state index contributed by atoms with van der Waals surface area (Å²) in [7, 11) is 0. The van der Waals surface area contributed by atoms with Crippen LogP contribution in [0.15, 0.2) is 42.5 Å². The molecule has 0 spiro atoms. The highest BCUT2D eigenvalue weighted by atomic mass is 35.5. The highest BCUT2D eigenvalue weighted by molar-refractivity contribution is 6.39. The second-order valence-corrected chi connectivity index (χ2v) is 6.19. The molecule has 132 valence electrons. The highest BCUT2D eigenvalue weighted by Crippen LogP contribution is 2.33. The van der Waals surface area contributed by atoms with Crippen molar-refractivity contribution in [2.45, 2.75) is 0 Å². The Kier molecular flexibility index (Phi) is 4.88. The number of rotatable bonds is 4. The lowest BCUT2D eigenvalue weighted by Gasteiger charge is -2.12. The number of carboxylic acid groups (broad SMARTS) is 1. The van der Waals surface area contributed by atoms with Crippen molar-refractivity contribution in [3.05, 3.63) is 63.8 Å². The van der Waals surface area contributed by atoms with E-state index in [1.54, 1.807) is 18.2 Å². The van der Waals surface area contributed by atoms with Crippen molar-refractivity contribution < 1.29 is 19.8 Å². The Morgan fingerprint density at radius 3 is 2.62 bits per heavy atom. The van der Waals surface area contributed by atoms with Gasteiger partial charge in [0.05, 0.1) is 5.02 Å². The Morgan fingerprint density at radius 2 is 1.92 bits per heavy atom. The number of aromatic carboxylic acids is 1. The zero-order valence-electron chi connectivity index (χ0n) is 13.0. The fourth-order valence-corrected chi connectivity index (χ4v) is 3.11. The molecule has 3 rings (SSSR count). The summed E-state index contributed by atoms with van der Waals surface area (Å²) in [6.07, 6.45) is 2.46. The predicted molar refractivity (Wildman–Crippen MR) is 98.8 cm³/mol. The molecule has 1 heterocycles. The zero-order chi connectivity index (χ0) is 18.8. The van der Waals surface area contributed by atoms with Gasteiger partial charge < -0.3 is 20.5 Å². The molecule has 0 bridgehead atoms. The van der Waals surface area contributed by atoms with Crippen molar-refractivity contribution in [2.24, 2.45) is 0 Å². The lowest BCUT2D eigenvalue weighted by atomic mass is 10.1. The van der Waals surface area contributed by atoms with Crippen LogP contribution in [0, 0.1) is 0 Å². The number of hydrogen-bond acceptors (Lipinski definition) is 3. The molecular formula is C18H11Cl2N2O4-. The molecule has 0 saturated heterocycles. The summed E-state index contributed by atoms with van der Waals surface area (Å²) in [5, 5.41) is 24.5. The van der Waals surface area contributed by atoms with Crippen LogP contribution in [0.1, 0.15) is 16.1 Å². The number of carboxylic acids is 1. The van der Waals surface area contributed by atoms with Crippen LogP contribution in [0.25, 0.3) is 17.0 Å². The van der Waals surface area contributed by atoms with Gasteiger partial charge in [-0.05, 0) is 24.3 Å². The summed E-state index contributed by atoms with van der Waals surface area (Å²) >= 11 is 12.1. The van der Waals surface area contributed by atoms with Gasteiger partial charge in [0.25, 0.3) is 0 Å². The predicted octanol–water partition coefficient (Wildman–Crippen LogP) is 3.90. The maximum atomic E-state index is 12.1. The number of nitrogens with one attached hydrogen (secondary N) is 2. The summed E-state index contributed by atoms with van der Waals surface area (Å²) in [4.78, 5) is 26.3. The van der Waals surface area contributed by atoms with E-state index in [1.165, 1.54) is 24.3 Å². The van der Waals surface area contributed by atoms with E-state index >= 15 is 0 Å². The van der Waals surface area contributed by atoms with E-state index in [-0.39, 0.29) is 27.7 Å². The molecule has 0 unspecified atom stereocenters. The lowest BCUT2D eigenvalue weighted by molar-refractivity contribution is -0.267. The first-order valence-electron chi connectivity index (χ1n) is 7.36. The molecule has 1 amide bonds. The van der Waals surface area contributed by atoms with Crippen LogP contribution >= 0.6 is 23.2 Å². The van der Waals surface area contributed by atoms with Gasteiger partial charge in [-0.25, -0.2) is 4.79 Å². The minimum absolute atomic E-state index is 0.127. The lowest BCUT2D eigenvalue weighted by Crippen LogP contribution is -2.10. The molecule has 2 aromatic carbocycles. The van der Waals surface area contributed by atoms with Crippen LogP contribution in [-0.4, -0.2) is 22.0 Å². The zero-order valence-corrected chi connectivity index (χ0v) is 14.6. The second-order valence-electron chi connectivity index (χ2n) is 5.35. The van der Waals surface area contributed by atoms with Gasteiger partial charge >= 0.3 is 5.97 Å². The van der Waals surface area contributed by atoms with Gasteiger partial charge in [-0.3, -0.25) is 4.79 Å². The molecule has 0 saturated carbocycles. The molecule has 0 aliphatic rings. The van der Waals surface area contributed by atoms with Gasteiger partial charge in [-0.1, -0.05) is 47.2 Å². The molecule has 0 fully saturated rings. The number of carbonyl (C=O) groups is 2. The van der Waals surface area contributed by atoms with Crippen molar-refractivity contribution in [2.75, 3.05) is 5.32 Å². The Bertz CT molecular complexity index is 1060. The maximum Gasteiger partial charge on any atom is 0.352 e. The third kappa shape index (κ3) is 3.51. The van der Waals surface area contributed by atoms with Gasteiger partial charge in [0.1, 0.15) is 5.69 Å². The van der Waals surface area contributed by atoms with Crippen molar-refractivity contribution in [1.82, 2.24) is 4.98 Å². The number of anilines is 1. The first kappa shape index (κ1) is 17.8. The average molecular weight is 390 g/mol. The normalized spacial score (nSPS) is 11.2. The topological polar surface area (TPSA) is 105 Å². The Balaban J connectivity index is 1.98. The fourth-order valence-electron chi connectivity index (χ4n) is 2.51. The van der Waals surface area contributed by atoms with Crippen LogP contribution in [0.4, 0.5) is 5.69 Å². The Hall–Kier alpha value is -2.96. The van der Waals surface area contributed by atoms with Crippen molar-refractivity contribution >= 4 is 57.7 Å². The number of para-hydroxylation sites is 2. The van der Waals surface area contributed by atoms with E-state index in [0.29, 0.717) is 15.9 Å². The van der Waals surface area contributed by atoms with Crippen LogP contribution in [0.5, 0.6) is 5.75 Å². The third-order valence-corrected chi connectivity index (χ3v) is 4.13. The standard InChI is InChI=1S/C18H12Cl2N2O4/c19-9-7-11(20)16-10(17(18(25)26)22-13(16)8-9)5-6-15(24)21-12-3-1-2-4-14(12)23/h1-8,22-23H,(H,21,24)(H,25,26)/p-1/b6-5+. The molecule has 3 aromatic rings. The first-order valence-corrected chi connectivity index (χ1v) is 8.11. The third-order valence-electron chi connectivity index (χ3n) is 3.61. The van der Waals surface area contributed by atoms with Crippen molar-refractivity contribution in [1.29, 1.82) is 0 Å². The molecule has 3 N–H and O–H groups in total. The molecule has 0 radical (unpaired) electrons. The Morgan fingerprint density at radius 1 is 1.19 bits per heavy atom. The molecule has 26 heavy (non-hydrogen) atoms. The molecular weight excluding hydrogens is 379 g/mol. The number of aromatic amines is 1. The number of H-pyrrole nitrogens is 1. The Labute approximate surface area is 157 Å². The number of fused-ring (bicyclic) bond motifs is 1. The SMILES string of the molecule is O=C(/C=C/c1c(C(=O)O)[nH]c2cc(Cl)cc(Cl)c12)Nc1ccccc1[O-]. The first-order chi connectivity index (χ1) is 12.4. The summed E-state index contributed by atoms with van der Waals surface area (Å²) < 4.78 is 0. The van der Waals surface area contributed by atoms with Crippen LogP contribution < -0.4 is 10.4 Å². The average Bonchev–Trinajstić information content (AvgIpc) is 2.94. The maximum absolute atomic E-state index is 12.1. The summed E-state index contributed by atoms with van der Waals surface area (Å²) in [6, 6.07) is 9.00. The summed E-state index contributed by atoms with van der Waals surface area (Å²) in [6.45, 7) is 0.